The van der Waals surface area contributed by atoms with E-state index in [-0.39, 0.29) is 34.7 Å². The normalized spacial score (nSPS) is 15.3. The average molecular weight is 465 g/mol. The number of rotatable bonds is 4. The van der Waals surface area contributed by atoms with Crippen LogP contribution in [0, 0.1) is 5.82 Å². The van der Waals surface area contributed by atoms with Crippen molar-refractivity contribution in [2.24, 2.45) is 0 Å². The van der Waals surface area contributed by atoms with Crippen LogP contribution in [0.1, 0.15) is 9.67 Å². The van der Waals surface area contributed by atoms with E-state index in [2.05, 4.69) is 0 Å². The van der Waals surface area contributed by atoms with E-state index in [9.17, 15) is 17.6 Å². The molecule has 1 fully saturated rings. The van der Waals surface area contributed by atoms with Crippen LogP contribution < -0.4 is 0 Å². The number of halogens is 2. The lowest BCUT2D eigenvalue weighted by molar-refractivity contribution is 0.0703. The minimum atomic E-state index is -3.71. The largest absolute Gasteiger partial charge is 0.335 e. The summed E-state index contributed by atoms with van der Waals surface area (Å²) < 4.78 is 40.2. The van der Waals surface area contributed by atoms with Crippen molar-refractivity contribution in [3.05, 3.63) is 76.4 Å². The van der Waals surface area contributed by atoms with Gasteiger partial charge in [-0.15, -0.1) is 11.3 Å². The molecule has 5 nitrogen and oxygen atoms in total. The molecule has 2 aromatic carbocycles. The average Bonchev–Trinajstić information content (AvgIpc) is 3.24. The lowest BCUT2D eigenvalue weighted by Gasteiger charge is -2.33. The lowest BCUT2D eigenvalue weighted by Crippen LogP contribution is -2.50. The lowest BCUT2D eigenvalue weighted by atomic mass is 10.2. The zero-order valence-electron chi connectivity index (χ0n) is 15.8. The molecule has 4 rings (SSSR count). The number of nitrogens with zero attached hydrogens (tertiary/aromatic N) is 2. The van der Waals surface area contributed by atoms with Crippen LogP contribution in [-0.2, 0) is 10.0 Å². The Bertz CT molecular complexity index is 1170. The molecule has 1 aromatic heterocycles. The zero-order valence-corrected chi connectivity index (χ0v) is 18.2. The van der Waals surface area contributed by atoms with E-state index in [0.29, 0.717) is 18.0 Å². The van der Waals surface area contributed by atoms with Crippen LogP contribution in [0.2, 0.25) is 5.02 Å². The first kappa shape index (κ1) is 21.0. The number of thiophene rings is 1. The number of carbonyl (C=O) groups excluding carboxylic acids is 1. The van der Waals surface area contributed by atoms with Crippen LogP contribution in [0.5, 0.6) is 0 Å². The summed E-state index contributed by atoms with van der Waals surface area (Å²) in [6, 6.07) is 16.0. The molecule has 0 bridgehead atoms. The van der Waals surface area contributed by atoms with Gasteiger partial charge in [-0.1, -0.05) is 35.9 Å². The van der Waals surface area contributed by atoms with Crippen molar-refractivity contribution in [2.45, 2.75) is 4.90 Å². The van der Waals surface area contributed by atoms with Crippen LogP contribution in [-0.4, -0.2) is 49.7 Å². The summed E-state index contributed by atoms with van der Waals surface area (Å²) >= 11 is 7.39. The van der Waals surface area contributed by atoms with Gasteiger partial charge in [-0.25, -0.2) is 12.8 Å². The maximum absolute atomic E-state index is 13.1. The monoisotopic (exact) mass is 464 g/mol. The Hall–Kier alpha value is -2.26. The van der Waals surface area contributed by atoms with E-state index in [1.165, 1.54) is 33.8 Å². The van der Waals surface area contributed by atoms with Gasteiger partial charge in [0.2, 0.25) is 10.0 Å². The fraction of sp³-hybridized carbons (Fsp3) is 0.190. The molecule has 2 heterocycles. The Labute approximate surface area is 183 Å². The molecule has 0 aliphatic carbocycles. The Morgan fingerprint density at radius 1 is 0.933 bits per heavy atom. The third kappa shape index (κ3) is 4.13. The summed E-state index contributed by atoms with van der Waals surface area (Å²) in [7, 11) is -3.71. The van der Waals surface area contributed by atoms with Crippen molar-refractivity contribution in [3.8, 4) is 10.4 Å². The molecule has 0 atom stereocenters. The van der Waals surface area contributed by atoms with Crippen LogP contribution in [0.3, 0.4) is 0 Å². The third-order valence-corrected chi connectivity index (χ3v) is 8.45. The highest BCUT2D eigenvalue weighted by Crippen LogP contribution is 2.30. The Morgan fingerprint density at radius 2 is 1.60 bits per heavy atom. The topological polar surface area (TPSA) is 57.7 Å². The van der Waals surface area contributed by atoms with E-state index < -0.39 is 10.0 Å². The summed E-state index contributed by atoms with van der Waals surface area (Å²) in [5, 5.41) is 0.183. The first-order valence-corrected chi connectivity index (χ1v) is 11.9. The smallest absolute Gasteiger partial charge is 0.264 e. The molecule has 30 heavy (non-hydrogen) atoms. The van der Waals surface area contributed by atoms with Gasteiger partial charge < -0.3 is 4.90 Å². The predicted octanol–water partition coefficient (Wildman–Crippen LogP) is 4.35. The van der Waals surface area contributed by atoms with Crippen LogP contribution in [0.15, 0.2) is 65.6 Å². The molecule has 0 unspecified atom stereocenters. The van der Waals surface area contributed by atoms with Crippen molar-refractivity contribution in [3.63, 3.8) is 0 Å². The molecular formula is C21H18ClFN2O3S2. The molecule has 156 valence electrons. The first-order chi connectivity index (χ1) is 14.4. The zero-order chi connectivity index (χ0) is 21.3. The summed E-state index contributed by atoms with van der Waals surface area (Å²) in [6.45, 7) is 1.00. The summed E-state index contributed by atoms with van der Waals surface area (Å²) in [6.07, 6.45) is 0. The standard InChI is InChI=1S/C21H18ClFN2O3S2/c22-17-3-1-2-4-20(17)30(27,28)25-13-11-24(12-14-25)21(26)19-10-9-18(29-19)15-5-7-16(23)8-6-15/h1-10H,11-14H2. The van der Waals surface area contributed by atoms with Crippen molar-refractivity contribution in [1.29, 1.82) is 0 Å². The van der Waals surface area contributed by atoms with Crippen molar-refractivity contribution in [2.75, 3.05) is 26.2 Å². The van der Waals surface area contributed by atoms with Crippen molar-refractivity contribution >= 4 is 38.9 Å². The van der Waals surface area contributed by atoms with Gasteiger partial charge in [-0.3, -0.25) is 4.79 Å². The number of sulfonamides is 1. The molecule has 9 heteroatoms. The van der Waals surface area contributed by atoms with Gasteiger partial charge in [0, 0.05) is 31.1 Å². The fourth-order valence-corrected chi connectivity index (χ4v) is 6.20. The van der Waals surface area contributed by atoms with Gasteiger partial charge in [-0.2, -0.15) is 4.31 Å². The number of benzene rings is 2. The van der Waals surface area contributed by atoms with Gasteiger partial charge in [0.15, 0.2) is 0 Å². The minimum absolute atomic E-state index is 0.0774. The highest BCUT2D eigenvalue weighted by atomic mass is 35.5. The number of hydrogen-bond donors (Lipinski definition) is 0. The van der Waals surface area contributed by atoms with E-state index in [1.54, 1.807) is 41.3 Å². The van der Waals surface area contributed by atoms with Crippen LogP contribution >= 0.6 is 22.9 Å². The number of amides is 1. The van der Waals surface area contributed by atoms with Crippen LogP contribution in [0.4, 0.5) is 4.39 Å². The molecular weight excluding hydrogens is 447 g/mol. The molecule has 1 aliphatic rings. The molecule has 1 amide bonds. The Balaban J connectivity index is 1.44. The molecule has 0 N–H and O–H groups in total. The third-order valence-electron chi connectivity index (χ3n) is 4.93. The quantitative estimate of drug-likeness (QED) is 0.576. The molecule has 0 radical (unpaired) electrons. The maximum Gasteiger partial charge on any atom is 0.264 e. The van der Waals surface area contributed by atoms with Crippen molar-refractivity contribution in [1.82, 2.24) is 9.21 Å². The van der Waals surface area contributed by atoms with E-state index in [1.807, 2.05) is 6.07 Å². The summed E-state index contributed by atoms with van der Waals surface area (Å²) in [5.74, 6) is -0.445. The first-order valence-electron chi connectivity index (χ1n) is 9.26. The number of hydrogen-bond acceptors (Lipinski definition) is 4. The fourth-order valence-electron chi connectivity index (χ4n) is 3.30. The Kier molecular flexibility index (Phi) is 5.92. The highest BCUT2D eigenvalue weighted by Gasteiger charge is 2.31. The number of carbonyl (C=O) groups is 1. The SMILES string of the molecule is O=C(c1ccc(-c2ccc(F)cc2)s1)N1CCN(S(=O)(=O)c2ccccc2Cl)CC1. The summed E-state index contributed by atoms with van der Waals surface area (Å²) in [4.78, 5) is 16.0. The predicted molar refractivity (Wildman–Crippen MR) is 116 cm³/mol. The van der Waals surface area contributed by atoms with Crippen molar-refractivity contribution < 1.29 is 17.6 Å². The molecule has 0 saturated carbocycles. The second kappa shape index (κ2) is 8.47. The summed E-state index contributed by atoms with van der Waals surface area (Å²) in [5.41, 5.74) is 0.844. The molecule has 1 saturated heterocycles. The number of piperazine rings is 1. The van der Waals surface area contributed by atoms with Gasteiger partial charge >= 0.3 is 0 Å². The van der Waals surface area contributed by atoms with Crippen LogP contribution in [0.25, 0.3) is 10.4 Å². The Morgan fingerprint density at radius 3 is 2.27 bits per heavy atom. The second-order valence-electron chi connectivity index (χ2n) is 6.80. The minimum Gasteiger partial charge on any atom is -0.335 e. The molecule has 0 spiro atoms. The van der Waals surface area contributed by atoms with Gasteiger partial charge in [0.05, 0.1) is 9.90 Å². The molecule has 1 aliphatic heterocycles. The van der Waals surface area contributed by atoms with E-state index >= 15 is 0 Å². The maximum atomic E-state index is 13.1. The second-order valence-corrected chi connectivity index (χ2v) is 10.2. The van der Waals surface area contributed by atoms with Gasteiger partial charge in [0.1, 0.15) is 10.7 Å². The molecule has 3 aromatic rings. The highest BCUT2D eigenvalue weighted by molar-refractivity contribution is 7.89. The van der Waals surface area contributed by atoms with E-state index in [4.69, 9.17) is 11.6 Å². The van der Waals surface area contributed by atoms with Gasteiger partial charge in [0.25, 0.3) is 5.91 Å². The van der Waals surface area contributed by atoms with Gasteiger partial charge in [-0.05, 0) is 42.0 Å². The van der Waals surface area contributed by atoms with E-state index in [0.717, 1.165) is 10.4 Å².